The third-order valence-electron chi connectivity index (χ3n) is 2.44. The van der Waals surface area contributed by atoms with Gasteiger partial charge in [-0.15, -0.1) is 0 Å². The highest BCUT2D eigenvalue weighted by Gasteiger charge is 2.06. The maximum Gasteiger partial charge on any atom is 0.126 e. The van der Waals surface area contributed by atoms with Crippen LogP contribution in [0.5, 0.6) is 0 Å². The fourth-order valence-electron chi connectivity index (χ4n) is 1.73. The van der Waals surface area contributed by atoms with E-state index in [2.05, 4.69) is 34.3 Å². The van der Waals surface area contributed by atoms with Gasteiger partial charge >= 0.3 is 0 Å². The molecule has 4 heteroatoms. The molecule has 1 atom stereocenters. The van der Waals surface area contributed by atoms with Crippen molar-refractivity contribution in [3.63, 3.8) is 0 Å². The van der Waals surface area contributed by atoms with Gasteiger partial charge in [-0.1, -0.05) is 0 Å². The summed E-state index contributed by atoms with van der Waals surface area (Å²) in [5.41, 5.74) is 1.21. The molecule has 4 nitrogen and oxygen atoms in total. The molecule has 0 spiro atoms. The second-order valence-corrected chi connectivity index (χ2v) is 4.31. The first-order valence-corrected chi connectivity index (χ1v) is 5.92. The number of pyridine rings is 1. The van der Waals surface area contributed by atoms with E-state index in [4.69, 9.17) is 5.26 Å². The molecule has 1 heterocycles. The van der Waals surface area contributed by atoms with Crippen LogP contribution in [0.2, 0.25) is 0 Å². The Kier molecular flexibility index (Phi) is 5.44. The second kappa shape index (κ2) is 6.87. The highest BCUT2D eigenvalue weighted by Crippen LogP contribution is 2.09. The van der Waals surface area contributed by atoms with E-state index in [-0.39, 0.29) is 5.92 Å². The zero-order valence-corrected chi connectivity index (χ0v) is 10.8. The van der Waals surface area contributed by atoms with E-state index >= 15 is 0 Å². The topological polar surface area (TPSA) is 52.0 Å². The standard InChI is InChI=1S/C13H20N4/c1-4-15-13-7-12(5-6-16-13)10-17(3)9-11(2)8-14/h5-7,11H,4,9-10H2,1-3H3,(H,15,16). The molecule has 1 N–H and O–H groups in total. The molecule has 0 aliphatic rings. The van der Waals surface area contributed by atoms with Gasteiger partial charge in [0.05, 0.1) is 12.0 Å². The summed E-state index contributed by atoms with van der Waals surface area (Å²) in [5, 5.41) is 12.0. The Balaban J connectivity index is 2.56. The van der Waals surface area contributed by atoms with E-state index in [1.807, 2.05) is 26.2 Å². The maximum atomic E-state index is 8.77. The second-order valence-electron chi connectivity index (χ2n) is 4.31. The molecule has 0 radical (unpaired) electrons. The number of nitrogens with one attached hydrogen (secondary N) is 1. The summed E-state index contributed by atoms with van der Waals surface area (Å²) in [6, 6.07) is 6.31. The van der Waals surface area contributed by atoms with Crippen LogP contribution in [0, 0.1) is 17.2 Å². The van der Waals surface area contributed by atoms with Crippen LogP contribution in [0.1, 0.15) is 19.4 Å². The summed E-state index contributed by atoms with van der Waals surface area (Å²) in [6.07, 6.45) is 1.81. The van der Waals surface area contributed by atoms with Crippen LogP contribution in [0.25, 0.3) is 0 Å². The van der Waals surface area contributed by atoms with Gasteiger partial charge < -0.3 is 10.2 Å². The number of anilines is 1. The lowest BCUT2D eigenvalue weighted by molar-refractivity contribution is 0.303. The molecule has 0 aliphatic heterocycles. The van der Waals surface area contributed by atoms with Gasteiger partial charge in [0.25, 0.3) is 0 Å². The van der Waals surface area contributed by atoms with Crippen LogP contribution in [-0.2, 0) is 6.54 Å². The molecule has 17 heavy (non-hydrogen) atoms. The first kappa shape index (κ1) is 13.5. The summed E-state index contributed by atoms with van der Waals surface area (Å²) in [6.45, 7) is 6.49. The van der Waals surface area contributed by atoms with Gasteiger partial charge in [0.15, 0.2) is 0 Å². The predicted molar refractivity (Wildman–Crippen MR) is 69.5 cm³/mol. The minimum Gasteiger partial charge on any atom is -0.370 e. The fourth-order valence-corrected chi connectivity index (χ4v) is 1.73. The molecule has 92 valence electrons. The Labute approximate surface area is 103 Å². The van der Waals surface area contributed by atoms with Gasteiger partial charge in [0.1, 0.15) is 5.82 Å². The minimum atomic E-state index is 0.0649. The lowest BCUT2D eigenvalue weighted by Crippen LogP contribution is -2.23. The van der Waals surface area contributed by atoms with Crippen molar-refractivity contribution in [1.82, 2.24) is 9.88 Å². The van der Waals surface area contributed by atoms with Crippen molar-refractivity contribution in [2.45, 2.75) is 20.4 Å². The van der Waals surface area contributed by atoms with Crippen LogP contribution in [0.15, 0.2) is 18.3 Å². The zero-order valence-electron chi connectivity index (χ0n) is 10.8. The Morgan fingerprint density at radius 1 is 1.59 bits per heavy atom. The van der Waals surface area contributed by atoms with Gasteiger partial charge in [-0.3, -0.25) is 0 Å². The Morgan fingerprint density at radius 3 is 3.00 bits per heavy atom. The van der Waals surface area contributed by atoms with Crippen molar-refractivity contribution in [2.24, 2.45) is 5.92 Å². The van der Waals surface area contributed by atoms with Crippen molar-refractivity contribution in [3.8, 4) is 6.07 Å². The first-order valence-electron chi connectivity index (χ1n) is 5.92. The van der Waals surface area contributed by atoms with Gasteiger partial charge in [0.2, 0.25) is 0 Å². The maximum absolute atomic E-state index is 8.77. The minimum absolute atomic E-state index is 0.0649. The quantitative estimate of drug-likeness (QED) is 0.816. The molecular formula is C13H20N4. The van der Waals surface area contributed by atoms with Gasteiger partial charge in [-0.2, -0.15) is 5.26 Å². The molecule has 0 aliphatic carbocycles. The van der Waals surface area contributed by atoms with E-state index in [0.717, 1.165) is 25.5 Å². The van der Waals surface area contributed by atoms with Crippen LogP contribution in [0.3, 0.4) is 0 Å². The third kappa shape index (κ3) is 4.83. The van der Waals surface area contributed by atoms with E-state index in [1.54, 1.807) is 0 Å². The molecule has 0 amide bonds. The van der Waals surface area contributed by atoms with E-state index in [1.165, 1.54) is 5.56 Å². The predicted octanol–water partition coefficient (Wildman–Crippen LogP) is 2.10. The van der Waals surface area contributed by atoms with Crippen LogP contribution in [-0.4, -0.2) is 30.0 Å². The van der Waals surface area contributed by atoms with Crippen molar-refractivity contribution in [1.29, 1.82) is 5.26 Å². The summed E-state index contributed by atoms with van der Waals surface area (Å²) in [5.74, 6) is 0.974. The van der Waals surface area contributed by atoms with Gasteiger partial charge in [0, 0.05) is 25.8 Å². The first-order chi connectivity index (χ1) is 8.15. The number of nitriles is 1. The van der Waals surface area contributed by atoms with Crippen molar-refractivity contribution in [2.75, 3.05) is 25.5 Å². The smallest absolute Gasteiger partial charge is 0.126 e. The largest absolute Gasteiger partial charge is 0.370 e. The molecule has 0 saturated carbocycles. The molecule has 0 fully saturated rings. The number of nitrogens with zero attached hydrogens (tertiary/aromatic N) is 3. The molecule has 1 unspecified atom stereocenters. The average molecular weight is 232 g/mol. The molecular weight excluding hydrogens is 212 g/mol. The zero-order chi connectivity index (χ0) is 12.7. The Hall–Kier alpha value is -1.60. The molecule has 0 saturated heterocycles. The summed E-state index contributed by atoms with van der Waals surface area (Å²) < 4.78 is 0. The average Bonchev–Trinajstić information content (AvgIpc) is 2.29. The lowest BCUT2D eigenvalue weighted by Gasteiger charge is -2.18. The number of hydrogen-bond donors (Lipinski definition) is 1. The van der Waals surface area contributed by atoms with Crippen molar-refractivity contribution >= 4 is 5.82 Å². The molecule has 1 aromatic heterocycles. The fraction of sp³-hybridized carbons (Fsp3) is 0.538. The van der Waals surface area contributed by atoms with Crippen LogP contribution >= 0.6 is 0 Å². The summed E-state index contributed by atoms with van der Waals surface area (Å²) in [4.78, 5) is 6.38. The molecule has 1 aromatic rings. The summed E-state index contributed by atoms with van der Waals surface area (Å²) in [7, 11) is 2.03. The Bertz CT molecular complexity index is 383. The lowest BCUT2D eigenvalue weighted by atomic mass is 10.2. The van der Waals surface area contributed by atoms with Crippen molar-refractivity contribution < 1.29 is 0 Å². The normalized spacial score (nSPS) is 12.2. The highest BCUT2D eigenvalue weighted by atomic mass is 15.1. The number of rotatable bonds is 6. The van der Waals surface area contributed by atoms with Gasteiger partial charge in [-0.25, -0.2) is 4.98 Å². The molecule has 1 rings (SSSR count). The Morgan fingerprint density at radius 2 is 2.35 bits per heavy atom. The SMILES string of the molecule is CCNc1cc(CN(C)CC(C)C#N)ccn1. The third-order valence-corrected chi connectivity index (χ3v) is 2.44. The van der Waals surface area contributed by atoms with Crippen molar-refractivity contribution in [3.05, 3.63) is 23.9 Å². The van der Waals surface area contributed by atoms with Gasteiger partial charge in [-0.05, 0) is 38.6 Å². The van der Waals surface area contributed by atoms with Crippen LogP contribution in [0.4, 0.5) is 5.82 Å². The van der Waals surface area contributed by atoms with E-state index < -0.39 is 0 Å². The number of aromatic nitrogens is 1. The molecule has 0 aromatic carbocycles. The number of hydrogen-bond acceptors (Lipinski definition) is 4. The van der Waals surface area contributed by atoms with E-state index in [0.29, 0.717) is 0 Å². The van der Waals surface area contributed by atoms with Crippen LogP contribution < -0.4 is 5.32 Å². The summed E-state index contributed by atoms with van der Waals surface area (Å²) >= 11 is 0. The molecule has 0 bridgehead atoms. The monoisotopic (exact) mass is 232 g/mol. The van der Waals surface area contributed by atoms with E-state index in [9.17, 15) is 0 Å². The highest BCUT2D eigenvalue weighted by molar-refractivity contribution is 5.37.